The zero-order valence-corrected chi connectivity index (χ0v) is 16.0. The Labute approximate surface area is 146 Å². The summed E-state index contributed by atoms with van der Waals surface area (Å²) in [5, 5.41) is 0. The molecule has 2 N–H and O–H groups in total. The number of rotatable bonds is 18. The number of hydrogen-bond donors (Lipinski definition) is 1. The first kappa shape index (κ1) is 22.7. The quantitative estimate of drug-likeness (QED) is 0.172. The molecule has 0 heterocycles. The van der Waals surface area contributed by atoms with Gasteiger partial charge in [0.05, 0.1) is 0 Å². The van der Waals surface area contributed by atoms with Crippen LogP contribution in [0.1, 0.15) is 110 Å². The summed E-state index contributed by atoms with van der Waals surface area (Å²) in [6.45, 7) is 5.17. The second-order valence-corrected chi connectivity index (χ2v) is 6.76. The molecule has 1 unspecified atom stereocenters. The standard InChI is InChI=1S/C21H43NO/c1-3-5-6-7-8-9-10-11-12-13-14-15-16-17-18-19-20-23-21(22)4-2/h11-12,21H,3-10,13-20,22H2,1-2H3. The number of ether oxygens (including phenoxy) is 1. The van der Waals surface area contributed by atoms with Gasteiger partial charge in [0.2, 0.25) is 0 Å². The van der Waals surface area contributed by atoms with E-state index in [1.54, 1.807) is 0 Å². The molecule has 0 radical (unpaired) electrons. The van der Waals surface area contributed by atoms with Gasteiger partial charge < -0.3 is 10.5 Å². The molecule has 0 aliphatic carbocycles. The normalized spacial score (nSPS) is 13.0. The minimum absolute atomic E-state index is 0.0573. The Morgan fingerprint density at radius 2 is 1.17 bits per heavy atom. The topological polar surface area (TPSA) is 35.2 Å². The van der Waals surface area contributed by atoms with Crippen molar-refractivity contribution in [3.63, 3.8) is 0 Å². The monoisotopic (exact) mass is 325 g/mol. The maximum absolute atomic E-state index is 5.71. The predicted octanol–water partition coefficient (Wildman–Crippen LogP) is 6.74. The molecule has 1 atom stereocenters. The summed E-state index contributed by atoms with van der Waals surface area (Å²) in [4.78, 5) is 0. The highest BCUT2D eigenvalue weighted by atomic mass is 16.5. The van der Waals surface area contributed by atoms with E-state index in [2.05, 4.69) is 26.0 Å². The SMILES string of the molecule is CCCCCCCCC=CCCCCCCCCOC(N)CC. The fourth-order valence-corrected chi connectivity index (χ4v) is 2.70. The molecule has 0 saturated carbocycles. The van der Waals surface area contributed by atoms with E-state index in [-0.39, 0.29) is 6.23 Å². The van der Waals surface area contributed by atoms with Crippen LogP contribution in [-0.2, 0) is 4.74 Å². The highest BCUT2D eigenvalue weighted by Gasteiger charge is 1.97. The fraction of sp³-hybridized carbons (Fsp3) is 0.905. The van der Waals surface area contributed by atoms with Gasteiger partial charge in [-0.2, -0.15) is 0 Å². The lowest BCUT2D eigenvalue weighted by molar-refractivity contribution is 0.0526. The summed E-state index contributed by atoms with van der Waals surface area (Å²) in [6.07, 6.45) is 24.5. The summed E-state index contributed by atoms with van der Waals surface area (Å²) >= 11 is 0. The number of unbranched alkanes of at least 4 members (excludes halogenated alkanes) is 12. The molecule has 0 aromatic heterocycles. The predicted molar refractivity (Wildman–Crippen MR) is 104 cm³/mol. The van der Waals surface area contributed by atoms with E-state index in [0.29, 0.717) is 0 Å². The van der Waals surface area contributed by atoms with Gasteiger partial charge in [0.25, 0.3) is 0 Å². The van der Waals surface area contributed by atoms with Crippen LogP contribution in [-0.4, -0.2) is 12.8 Å². The zero-order chi connectivity index (χ0) is 17.0. The molecule has 0 saturated heterocycles. The van der Waals surface area contributed by atoms with Crippen molar-refractivity contribution < 1.29 is 4.74 Å². The number of nitrogens with two attached hydrogens (primary N) is 1. The number of allylic oxidation sites excluding steroid dienone is 2. The fourth-order valence-electron chi connectivity index (χ4n) is 2.70. The largest absolute Gasteiger partial charge is 0.364 e. The van der Waals surface area contributed by atoms with Gasteiger partial charge in [-0.1, -0.05) is 83.8 Å². The first-order valence-corrected chi connectivity index (χ1v) is 10.3. The van der Waals surface area contributed by atoms with Crippen LogP contribution < -0.4 is 5.73 Å². The lowest BCUT2D eigenvalue weighted by Crippen LogP contribution is -2.22. The second-order valence-electron chi connectivity index (χ2n) is 6.76. The van der Waals surface area contributed by atoms with E-state index < -0.39 is 0 Å². The minimum Gasteiger partial charge on any atom is -0.364 e. The smallest absolute Gasteiger partial charge is 0.105 e. The molecule has 0 bridgehead atoms. The molecular weight excluding hydrogens is 282 g/mol. The molecule has 2 nitrogen and oxygen atoms in total. The van der Waals surface area contributed by atoms with Crippen LogP contribution in [0.3, 0.4) is 0 Å². The van der Waals surface area contributed by atoms with Crippen LogP contribution in [0.5, 0.6) is 0 Å². The summed E-state index contributed by atoms with van der Waals surface area (Å²) in [6, 6.07) is 0. The van der Waals surface area contributed by atoms with Crippen molar-refractivity contribution in [1.29, 1.82) is 0 Å². The van der Waals surface area contributed by atoms with Crippen molar-refractivity contribution in [1.82, 2.24) is 0 Å². The molecule has 0 aromatic carbocycles. The maximum Gasteiger partial charge on any atom is 0.105 e. The van der Waals surface area contributed by atoms with Gasteiger partial charge in [-0.05, 0) is 38.5 Å². The van der Waals surface area contributed by atoms with E-state index in [9.17, 15) is 0 Å². The Morgan fingerprint density at radius 3 is 1.70 bits per heavy atom. The third kappa shape index (κ3) is 19.6. The minimum atomic E-state index is -0.0573. The zero-order valence-electron chi connectivity index (χ0n) is 16.0. The average molecular weight is 326 g/mol. The summed E-state index contributed by atoms with van der Waals surface area (Å²) in [7, 11) is 0. The molecule has 0 amide bonds. The van der Waals surface area contributed by atoms with Gasteiger partial charge in [-0.25, -0.2) is 0 Å². The molecule has 0 aromatic rings. The van der Waals surface area contributed by atoms with Gasteiger partial charge in [-0.3, -0.25) is 0 Å². The first-order chi connectivity index (χ1) is 11.3. The van der Waals surface area contributed by atoms with Gasteiger partial charge in [-0.15, -0.1) is 0 Å². The maximum atomic E-state index is 5.71. The van der Waals surface area contributed by atoms with E-state index >= 15 is 0 Å². The van der Waals surface area contributed by atoms with Gasteiger partial charge in [0.15, 0.2) is 0 Å². The molecule has 0 spiro atoms. The first-order valence-electron chi connectivity index (χ1n) is 10.3. The summed E-state index contributed by atoms with van der Waals surface area (Å²) < 4.78 is 5.48. The Balaban J connectivity index is 3.08. The Morgan fingerprint density at radius 1 is 0.696 bits per heavy atom. The molecule has 0 rings (SSSR count). The van der Waals surface area contributed by atoms with Crippen molar-refractivity contribution in [2.24, 2.45) is 5.73 Å². The lowest BCUT2D eigenvalue weighted by atomic mass is 10.1. The van der Waals surface area contributed by atoms with Crippen LogP contribution in [0.15, 0.2) is 12.2 Å². The van der Waals surface area contributed by atoms with E-state index in [1.807, 2.05) is 0 Å². The molecule has 0 fully saturated rings. The van der Waals surface area contributed by atoms with Crippen molar-refractivity contribution >= 4 is 0 Å². The van der Waals surface area contributed by atoms with Crippen molar-refractivity contribution in [2.75, 3.05) is 6.61 Å². The van der Waals surface area contributed by atoms with Crippen LogP contribution in [0.25, 0.3) is 0 Å². The van der Waals surface area contributed by atoms with E-state index in [0.717, 1.165) is 19.4 Å². The molecule has 23 heavy (non-hydrogen) atoms. The van der Waals surface area contributed by atoms with Gasteiger partial charge in [0, 0.05) is 6.61 Å². The molecule has 2 heteroatoms. The van der Waals surface area contributed by atoms with E-state index in [1.165, 1.54) is 83.5 Å². The Bertz CT molecular complexity index is 240. The highest BCUT2D eigenvalue weighted by molar-refractivity contribution is 4.81. The van der Waals surface area contributed by atoms with Crippen LogP contribution >= 0.6 is 0 Å². The molecule has 0 aliphatic heterocycles. The molecule has 138 valence electrons. The summed E-state index contributed by atoms with van der Waals surface area (Å²) in [5.74, 6) is 0. The van der Waals surface area contributed by atoms with Crippen molar-refractivity contribution in [3.8, 4) is 0 Å². The van der Waals surface area contributed by atoms with Crippen LogP contribution in [0.2, 0.25) is 0 Å². The summed E-state index contributed by atoms with van der Waals surface area (Å²) in [5.41, 5.74) is 5.71. The van der Waals surface area contributed by atoms with Crippen LogP contribution in [0, 0.1) is 0 Å². The van der Waals surface area contributed by atoms with Crippen molar-refractivity contribution in [2.45, 2.75) is 116 Å². The third-order valence-electron chi connectivity index (χ3n) is 4.39. The Hall–Kier alpha value is -0.340. The van der Waals surface area contributed by atoms with Crippen LogP contribution in [0.4, 0.5) is 0 Å². The molecule has 0 aliphatic rings. The van der Waals surface area contributed by atoms with E-state index in [4.69, 9.17) is 10.5 Å². The third-order valence-corrected chi connectivity index (χ3v) is 4.39. The van der Waals surface area contributed by atoms with Gasteiger partial charge >= 0.3 is 0 Å². The van der Waals surface area contributed by atoms with Crippen molar-refractivity contribution in [3.05, 3.63) is 12.2 Å². The average Bonchev–Trinajstić information content (AvgIpc) is 2.57. The molecular formula is C21H43NO. The van der Waals surface area contributed by atoms with Gasteiger partial charge in [0.1, 0.15) is 6.23 Å². The Kier molecular flexibility index (Phi) is 19.4. The second kappa shape index (κ2) is 19.7. The lowest BCUT2D eigenvalue weighted by Gasteiger charge is -2.09. The number of hydrogen-bond acceptors (Lipinski definition) is 2. The highest BCUT2D eigenvalue weighted by Crippen LogP contribution is 2.10.